The van der Waals surface area contributed by atoms with Crippen LogP contribution >= 0.6 is 0 Å². The highest BCUT2D eigenvalue weighted by atomic mass is 15.0. The van der Waals surface area contributed by atoms with E-state index in [1.54, 1.807) is 0 Å². The molecule has 0 bridgehead atoms. The van der Waals surface area contributed by atoms with Gasteiger partial charge in [-0.15, -0.1) is 0 Å². The van der Waals surface area contributed by atoms with E-state index < -0.39 is 0 Å². The van der Waals surface area contributed by atoms with Crippen molar-refractivity contribution in [1.29, 1.82) is 0 Å². The van der Waals surface area contributed by atoms with Gasteiger partial charge in [-0.25, -0.2) is 15.0 Å². The summed E-state index contributed by atoms with van der Waals surface area (Å²) in [6.07, 6.45) is 1.86. The van der Waals surface area contributed by atoms with Gasteiger partial charge in [0.1, 0.15) is 0 Å². The van der Waals surface area contributed by atoms with Gasteiger partial charge >= 0.3 is 0 Å². The van der Waals surface area contributed by atoms with Crippen molar-refractivity contribution < 1.29 is 0 Å². The Morgan fingerprint density at radius 3 is 1.42 bits per heavy atom. The van der Waals surface area contributed by atoms with E-state index in [9.17, 15) is 0 Å². The first kappa shape index (κ1) is 31.4. The van der Waals surface area contributed by atoms with E-state index in [1.807, 2.05) is 60.7 Å². The summed E-state index contributed by atoms with van der Waals surface area (Å²) in [6.45, 7) is 0. The van der Waals surface area contributed by atoms with Crippen LogP contribution < -0.4 is 0 Å². The lowest BCUT2D eigenvalue weighted by Crippen LogP contribution is -2.07. The van der Waals surface area contributed by atoms with E-state index in [0.29, 0.717) is 17.5 Å². The summed E-state index contributed by atoms with van der Waals surface area (Å²) in [5.41, 5.74) is 14.6. The van der Waals surface area contributed by atoms with E-state index in [1.165, 1.54) is 71.6 Å². The molecule has 11 rings (SSSR count). The van der Waals surface area contributed by atoms with Crippen LogP contribution in [0.3, 0.4) is 0 Å². The van der Waals surface area contributed by atoms with Crippen LogP contribution in [-0.2, 0) is 12.8 Å². The molecule has 0 N–H and O–H groups in total. The van der Waals surface area contributed by atoms with E-state index in [0.717, 1.165) is 29.5 Å². The molecule has 1 aliphatic carbocycles. The van der Waals surface area contributed by atoms with Gasteiger partial charge in [0.25, 0.3) is 0 Å². The number of para-hydroxylation sites is 2. The lowest BCUT2D eigenvalue weighted by Gasteiger charge is -2.22. The maximum Gasteiger partial charge on any atom is 0.164 e. The monoisotopic (exact) mass is 702 g/mol. The van der Waals surface area contributed by atoms with Gasteiger partial charge in [0.05, 0.1) is 11.0 Å². The van der Waals surface area contributed by atoms with Crippen molar-refractivity contribution in [2.45, 2.75) is 12.8 Å². The van der Waals surface area contributed by atoms with Crippen LogP contribution in [0.2, 0.25) is 0 Å². The Balaban J connectivity index is 0.897. The molecular formula is C51H34N4. The third kappa shape index (κ3) is 5.50. The molecule has 0 atom stereocenters. The van der Waals surface area contributed by atoms with Crippen LogP contribution in [0, 0.1) is 0 Å². The zero-order valence-corrected chi connectivity index (χ0v) is 30.0. The van der Waals surface area contributed by atoms with Crippen molar-refractivity contribution in [3.05, 3.63) is 204 Å². The van der Waals surface area contributed by atoms with Gasteiger partial charge in [-0.05, 0) is 81.3 Å². The minimum Gasteiger partial charge on any atom is -0.309 e. The summed E-state index contributed by atoms with van der Waals surface area (Å²) in [5, 5.41) is 5.13. The molecule has 0 unspecified atom stereocenters. The molecule has 10 aromatic rings. The van der Waals surface area contributed by atoms with E-state index >= 15 is 0 Å². The number of hydrogen-bond donors (Lipinski definition) is 0. The van der Waals surface area contributed by atoms with Gasteiger partial charge in [-0.1, -0.05) is 158 Å². The fourth-order valence-corrected chi connectivity index (χ4v) is 8.35. The highest BCUT2D eigenvalue weighted by Crippen LogP contribution is 2.36. The molecule has 0 spiro atoms. The molecule has 2 aromatic heterocycles. The number of benzene rings is 8. The van der Waals surface area contributed by atoms with Crippen LogP contribution in [0.4, 0.5) is 0 Å². The molecule has 2 heterocycles. The fraction of sp³-hybridized carbons (Fsp3) is 0.0392. The summed E-state index contributed by atoms with van der Waals surface area (Å²) in [7, 11) is 0. The van der Waals surface area contributed by atoms with Gasteiger partial charge in [-0.2, -0.15) is 0 Å². The fourth-order valence-electron chi connectivity index (χ4n) is 8.35. The van der Waals surface area contributed by atoms with Crippen molar-refractivity contribution >= 4 is 32.6 Å². The van der Waals surface area contributed by atoms with Gasteiger partial charge < -0.3 is 4.57 Å². The van der Waals surface area contributed by atoms with Crippen molar-refractivity contribution in [2.24, 2.45) is 0 Å². The van der Waals surface area contributed by atoms with Crippen molar-refractivity contribution in [3.63, 3.8) is 0 Å². The van der Waals surface area contributed by atoms with Crippen molar-refractivity contribution in [2.75, 3.05) is 0 Å². The SMILES string of the molecule is c1ccc(-c2nc(-c3ccccc3)nc(-c3ccc(-c4ccc5c(c4)Cc4cc6ccc(-n7c8ccccc8c8ccccc87)cc6cc4C5)cc3)n2)cc1. The Morgan fingerprint density at radius 2 is 0.800 bits per heavy atom. The van der Waals surface area contributed by atoms with Crippen molar-refractivity contribution in [3.8, 4) is 51.0 Å². The molecule has 4 nitrogen and oxygen atoms in total. The molecule has 258 valence electrons. The van der Waals surface area contributed by atoms with Gasteiger partial charge in [0, 0.05) is 33.2 Å². The van der Waals surface area contributed by atoms with Crippen LogP contribution in [-0.4, -0.2) is 19.5 Å². The summed E-state index contributed by atoms with van der Waals surface area (Å²) in [4.78, 5) is 14.7. The Labute approximate surface area is 319 Å². The molecule has 0 saturated carbocycles. The Hall–Kier alpha value is -7.17. The first-order chi connectivity index (χ1) is 27.2. The maximum absolute atomic E-state index is 4.92. The first-order valence-corrected chi connectivity index (χ1v) is 18.9. The van der Waals surface area contributed by atoms with Crippen LogP contribution in [0.25, 0.3) is 83.6 Å². The van der Waals surface area contributed by atoms with Crippen molar-refractivity contribution in [1.82, 2.24) is 19.5 Å². The lowest BCUT2D eigenvalue weighted by molar-refractivity contribution is 1.01. The number of hydrogen-bond acceptors (Lipinski definition) is 3. The average molecular weight is 703 g/mol. The summed E-state index contributed by atoms with van der Waals surface area (Å²) in [5.74, 6) is 2.00. The smallest absolute Gasteiger partial charge is 0.164 e. The number of nitrogens with zero attached hydrogens (tertiary/aromatic N) is 4. The molecule has 0 fully saturated rings. The minimum atomic E-state index is 0.663. The molecule has 1 aliphatic rings. The normalized spacial score (nSPS) is 12.2. The second-order valence-corrected chi connectivity index (χ2v) is 14.5. The molecule has 0 aliphatic heterocycles. The topological polar surface area (TPSA) is 43.6 Å². The number of fused-ring (bicyclic) bond motifs is 6. The second kappa shape index (κ2) is 12.8. The quantitative estimate of drug-likeness (QED) is 0.179. The standard InChI is InChI=1S/C51H34N4/c1-3-11-34(12-4-1)49-52-50(35-13-5-2-6-14-35)54-51(53-49)36-21-19-33(20-22-36)37-23-24-38-28-42-31-43-32-44(26-25-39(43)29-41(42)30-40(38)27-37)55-47-17-9-7-15-45(47)46-16-8-10-18-48(46)55/h1-27,29,31-32H,28,30H2. The Bertz CT molecular complexity index is 2960. The molecule has 0 amide bonds. The summed E-state index contributed by atoms with van der Waals surface area (Å²) in [6, 6.07) is 65.0. The first-order valence-electron chi connectivity index (χ1n) is 18.9. The molecular weight excluding hydrogens is 669 g/mol. The van der Waals surface area contributed by atoms with E-state index in [2.05, 4.69) is 126 Å². The molecule has 8 aromatic carbocycles. The lowest BCUT2D eigenvalue weighted by atomic mass is 9.83. The largest absolute Gasteiger partial charge is 0.309 e. The average Bonchev–Trinajstić information content (AvgIpc) is 3.59. The van der Waals surface area contributed by atoms with Crippen LogP contribution in [0.5, 0.6) is 0 Å². The van der Waals surface area contributed by atoms with E-state index in [4.69, 9.17) is 15.0 Å². The summed E-state index contributed by atoms with van der Waals surface area (Å²) < 4.78 is 2.40. The minimum absolute atomic E-state index is 0.663. The number of aromatic nitrogens is 4. The predicted octanol–water partition coefficient (Wildman–Crippen LogP) is 12.3. The van der Waals surface area contributed by atoms with Crippen LogP contribution in [0.1, 0.15) is 22.3 Å². The zero-order valence-electron chi connectivity index (χ0n) is 30.0. The van der Waals surface area contributed by atoms with Gasteiger partial charge in [0.15, 0.2) is 17.5 Å². The van der Waals surface area contributed by atoms with Gasteiger partial charge in [-0.3, -0.25) is 0 Å². The molecule has 55 heavy (non-hydrogen) atoms. The summed E-state index contributed by atoms with van der Waals surface area (Å²) >= 11 is 0. The predicted molar refractivity (Wildman–Crippen MR) is 225 cm³/mol. The third-order valence-electron chi connectivity index (χ3n) is 11.1. The zero-order chi connectivity index (χ0) is 36.3. The highest BCUT2D eigenvalue weighted by Gasteiger charge is 2.19. The van der Waals surface area contributed by atoms with Gasteiger partial charge in [0.2, 0.25) is 0 Å². The highest BCUT2D eigenvalue weighted by molar-refractivity contribution is 6.09. The Morgan fingerprint density at radius 1 is 0.327 bits per heavy atom. The third-order valence-corrected chi connectivity index (χ3v) is 11.1. The molecule has 0 radical (unpaired) electrons. The number of rotatable bonds is 5. The van der Waals surface area contributed by atoms with Crippen LogP contribution in [0.15, 0.2) is 182 Å². The molecule has 4 heteroatoms. The van der Waals surface area contributed by atoms with E-state index in [-0.39, 0.29) is 0 Å². The maximum atomic E-state index is 4.92. The second-order valence-electron chi connectivity index (χ2n) is 14.5. The molecule has 0 saturated heterocycles. The Kier molecular flexibility index (Phi) is 7.27.